The van der Waals surface area contributed by atoms with E-state index in [1.807, 2.05) is 49.4 Å². The number of hydrogen-bond acceptors (Lipinski definition) is 2. The fourth-order valence-corrected chi connectivity index (χ4v) is 3.45. The molecule has 1 atom stereocenters. The summed E-state index contributed by atoms with van der Waals surface area (Å²) >= 11 is 6.21. The summed E-state index contributed by atoms with van der Waals surface area (Å²) in [7, 11) is 0. The highest BCUT2D eigenvalue weighted by Gasteiger charge is 2.24. The molecule has 1 aliphatic heterocycles. The van der Waals surface area contributed by atoms with E-state index in [-0.39, 0.29) is 35.8 Å². The van der Waals surface area contributed by atoms with Gasteiger partial charge in [-0.05, 0) is 36.6 Å². The summed E-state index contributed by atoms with van der Waals surface area (Å²) < 4.78 is 0. The lowest BCUT2D eigenvalue weighted by atomic mass is 9.91. The molecule has 28 heavy (non-hydrogen) atoms. The van der Waals surface area contributed by atoms with E-state index in [2.05, 4.69) is 22.0 Å². The number of para-hydroxylation sites is 1. The minimum Gasteiger partial charge on any atom is -0.357 e. The summed E-state index contributed by atoms with van der Waals surface area (Å²) in [6.07, 6.45) is 1.28. The van der Waals surface area contributed by atoms with Crippen molar-refractivity contribution >= 4 is 53.1 Å². The van der Waals surface area contributed by atoms with Gasteiger partial charge in [-0.15, -0.1) is 24.0 Å². The molecule has 2 aromatic carbocycles. The predicted molar refractivity (Wildman–Crippen MR) is 127 cm³/mol. The summed E-state index contributed by atoms with van der Waals surface area (Å²) in [4.78, 5) is 16.7. The van der Waals surface area contributed by atoms with Crippen molar-refractivity contribution in [3.8, 4) is 0 Å². The number of guanidine groups is 1. The molecule has 1 amide bonds. The number of hydrogen-bond donors (Lipinski definition) is 3. The lowest BCUT2D eigenvalue weighted by Crippen LogP contribution is -2.38. The average Bonchev–Trinajstić information content (AvgIpc) is 2.67. The van der Waals surface area contributed by atoms with Gasteiger partial charge in [0.05, 0.1) is 6.54 Å². The van der Waals surface area contributed by atoms with Gasteiger partial charge < -0.3 is 16.0 Å². The molecule has 150 valence electrons. The Morgan fingerprint density at radius 1 is 1.18 bits per heavy atom. The SMILES string of the molecule is CCNC(=NCC1CC(=O)Nc2ccccc21)NCCc1ccccc1Cl.I. The number of nitrogens with zero attached hydrogens (tertiary/aromatic N) is 1. The molecule has 5 nitrogen and oxygen atoms in total. The molecule has 0 fully saturated rings. The van der Waals surface area contributed by atoms with Crippen LogP contribution in [0.25, 0.3) is 0 Å². The summed E-state index contributed by atoms with van der Waals surface area (Å²) in [5.74, 6) is 0.896. The molecule has 0 aliphatic carbocycles. The van der Waals surface area contributed by atoms with Crippen molar-refractivity contribution in [1.29, 1.82) is 0 Å². The number of carbonyl (C=O) groups excluding carboxylic acids is 1. The first-order valence-corrected chi connectivity index (χ1v) is 9.69. The summed E-state index contributed by atoms with van der Waals surface area (Å²) in [5.41, 5.74) is 3.15. The Kier molecular flexibility index (Phi) is 9.05. The Morgan fingerprint density at radius 2 is 1.93 bits per heavy atom. The van der Waals surface area contributed by atoms with Gasteiger partial charge in [-0.3, -0.25) is 9.79 Å². The monoisotopic (exact) mass is 512 g/mol. The quantitative estimate of drug-likeness (QED) is 0.309. The second-order valence-electron chi connectivity index (χ2n) is 6.52. The number of nitrogens with one attached hydrogen (secondary N) is 3. The van der Waals surface area contributed by atoms with Crippen molar-refractivity contribution in [3.63, 3.8) is 0 Å². The van der Waals surface area contributed by atoms with Crippen molar-refractivity contribution in [2.24, 2.45) is 4.99 Å². The minimum absolute atomic E-state index is 0. The molecule has 0 radical (unpaired) electrons. The van der Waals surface area contributed by atoms with E-state index < -0.39 is 0 Å². The van der Waals surface area contributed by atoms with Gasteiger partial charge in [-0.25, -0.2) is 0 Å². The van der Waals surface area contributed by atoms with Crippen molar-refractivity contribution in [3.05, 3.63) is 64.7 Å². The van der Waals surface area contributed by atoms with Crippen LogP contribution in [0, 0.1) is 0 Å². The van der Waals surface area contributed by atoms with Crippen LogP contribution in [0.5, 0.6) is 0 Å². The van der Waals surface area contributed by atoms with Crippen molar-refractivity contribution < 1.29 is 4.79 Å². The number of carbonyl (C=O) groups is 1. The zero-order valence-electron chi connectivity index (χ0n) is 15.9. The molecule has 1 heterocycles. The van der Waals surface area contributed by atoms with Crippen LogP contribution in [0.15, 0.2) is 53.5 Å². The van der Waals surface area contributed by atoms with Gasteiger partial charge in [0, 0.05) is 36.1 Å². The number of amides is 1. The standard InChI is InChI=1S/C21H25ClN4O.HI/c1-2-23-21(24-12-11-15-7-3-5-9-18(15)22)25-14-16-13-20(27)26-19-10-6-4-8-17(16)19;/h3-10,16H,2,11-14H2,1H3,(H,26,27)(H2,23,24,25);1H. The molecule has 0 saturated carbocycles. The third kappa shape index (κ3) is 6.10. The highest BCUT2D eigenvalue weighted by molar-refractivity contribution is 14.0. The van der Waals surface area contributed by atoms with Gasteiger partial charge in [0.2, 0.25) is 5.91 Å². The minimum atomic E-state index is 0. The lowest BCUT2D eigenvalue weighted by Gasteiger charge is -2.24. The molecule has 2 aromatic rings. The van der Waals surface area contributed by atoms with Crippen LogP contribution < -0.4 is 16.0 Å². The average molecular weight is 513 g/mol. The lowest BCUT2D eigenvalue weighted by molar-refractivity contribution is -0.116. The zero-order chi connectivity index (χ0) is 19.1. The topological polar surface area (TPSA) is 65.5 Å². The van der Waals surface area contributed by atoms with Gasteiger partial charge in [0.25, 0.3) is 0 Å². The van der Waals surface area contributed by atoms with Crippen LogP contribution in [0.2, 0.25) is 5.02 Å². The van der Waals surface area contributed by atoms with E-state index in [1.165, 1.54) is 0 Å². The maximum Gasteiger partial charge on any atom is 0.225 e. The Morgan fingerprint density at radius 3 is 2.71 bits per heavy atom. The highest BCUT2D eigenvalue weighted by atomic mass is 127. The van der Waals surface area contributed by atoms with Crippen molar-refractivity contribution in [2.75, 3.05) is 25.0 Å². The Labute approximate surface area is 188 Å². The predicted octanol–water partition coefficient (Wildman–Crippen LogP) is 4.18. The second-order valence-corrected chi connectivity index (χ2v) is 6.93. The fraction of sp³-hybridized carbons (Fsp3) is 0.333. The normalized spacial score (nSPS) is 15.9. The number of fused-ring (bicyclic) bond motifs is 1. The molecular formula is C21H26ClIN4O. The van der Waals surface area contributed by atoms with Gasteiger partial charge in [0.1, 0.15) is 0 Å². The van der Waals surface area contributed by atoms with E-state index in [4.69, 9.17) is 16.6 Å². The molecule has 1 aliphatic rings. The van der Waals surface area contributed by atoms with Crippen LogP contribution in [0.1, 0.15) is 30.4 Å². The molecule has 0 saturated heterocycles. The third-order valence-electron chi connectivity index (χ3n) is 4.57. The first-order valence-electron chi connectivity index (χ1n) is 9.31. The van der Waals surface area contributed by atoms with E-state index in [9.17, 15) is 4.79 Å². The fourth-order valence-electron chi connectivity index (χ4n) is 3.22. The Hall–Kier alpha value is -1.80. The largest absolute Gasteiger partial charge is 0.357 e. The molecule has 0 spiro atoms. The molecule has 0 bridgehead atoms. The summed E-state index contributed by atoms with van der Waals surface area (Å²) in [5, 5.41) is 10.3. The van der Waals surface area contributed by atoms with Crippen molar-refractivity contribution in [1.82, 2.24) is 10.6 Å². The number of benzene rings is 2. The maximum atomic E-state index is 12.0. The summed E-state index contributed by atoms with van der Waals surface area (Å²) in [6, 6.07) is 15.8. The molecule has 7 heteroatoms. The number of aliphatic imine (C=N–C) groups is 1. The number of anilines is 1. The van der Waals surface area contributed by atoms with E-state index in [1.54, 1.807) is 0 Å². The van der Waals surface area contributed by atoms with Gasteiger partial charge in [-0.1, -0.05) is 48.0 Å². The van der Waals surface area contributed by atoms with Crippen molar-refractivity contribution in [2.45, 2.75) is 25.7 Å². The molecule has 0 aromatic heterocycles. The Balaban J connectivity index is 0.00000280. The van der Waals surface area contributed by atoms with Crippen LogP contribution in [-0.2, 0) is 11.2 Å². The molecule has 1 unspecified atom stereocenters. The first kappa shape index (κ1) is 22.5. The third-order valence-corrected chi connectivity index (χ3v) is 4.93. The zero-order valence-corrected chi connectivity index (χ0v) is 19.0. The maximum absolute atomic E-state index is 12.0. The van der Waals surface area contributed by atoms with E-state index in [0.29, 0.717) is 13.0 Å². The summed E-state index contributed by atoms with van der Waals surface area (Å²) in [6.45, 7) is 4.11. The smallest absolute Gasteiger partial charge is 0.225 e. The van der Waals surface area contributed by atoms with E-state index >= 15 is 0 Å². The number of rotatable bonds is 6. The number of halogens is 2. The first-order chi connectivity index (χ1) is 13.2. The van der Waals surface area contributed by atoms with Crippen LogP contribution in [0.4, 0.5) is 5.69 Å². The van der Waals surface area contributed by atoms with Crippen LogP contribution in [-0.4, -0.2) is 31.5 Å². The van der Waals surface area contributed by atoms with Crippen LogP contribution >= 0.6 is 35.6 Å². The highest BCUT2D eigenvalue weighted by Crippen LogP contribution is 2.31. The van der Waals surface area contributed by atoms with Gasteiger partial charge >= 0.3 is 0 Å². The second kappa shape index (κ2) is 11.3. The molecular weight excluding hydrogens is 487 g/mol. The Bertz CT molecular complexity index is 828. The van der Waals surface area contributed by atoms with E-state index in [0.717, 1.165) is 47.3 Å². The molecule has 3 N–H and O–H groups in total. The molecule has 3 rings (SSSR count). The van der Waals surface area contributed by atoms with Gasteiger partial charge in [-0.2, -0.15) is 0 Å². The van der Waals surface area contributed by atoms with Crippen LogP contribution in [0.3, 0.4) is 0 Å². The van der Waals surface area contributed by atoms with Gasteiger partial charge in [0.15, 0.2) is 5.96 Å².